The van der Waals surface area contributed by atoms with E-state index in [-0.39, 0.29) is 119 Å². The Kier molecular flexibility index (Phi) is 19.3. The Morgan fingerprint density at radius 2 is 1.07 bits per heavy atom. The van der Waals surface area contributed by atoms with Crippen molar-refractivity contribution in [2.75, 3.05) is 18.5 Å². The number of phenolic OH excluding ortho intramolecular Hbond substituents is 1. The van der Waals surface area contributed by atoms with E-state index in [2.05, 4.69) is 30.8 Å². The molecule has 0 fully saturated rings. The average molecular weight is 1220 g/mol. The molecule has 0 aromatic heterocycles. The molecule has 0 atom stereocenters. The van der Waals surface area contributed by atoms with E-state index < -0.39 is 43.5 Å². The molecule has 75 heavy (non-hydrogen) atoms. The second-order valence-corrected chi connectivity index (χ2v) is 19.4. The van der Waals surface area contributed by atoms with Crippen LogP contribution in [0, 0.1) is 13.8 Å². The number of anilines is 1. The summed E-state index contributed by atoms with van der Waals surface area (Å²) in [5.74, 6) is -1.56. The number of aryl methyl sites for hydroxylation is 2. The van der Waals surface area contributed by atoms with Gasteiger partial charge in [-0.1, -0.05) is 102 Å². The maximum Gasteiger partial charge on any atom is 2.00 e. The number of hydrogen-bond acceptors (Lipinski definition) is 15. The van der Waals surface area contributed by atoms with Gasteiger partial charge in [-0.25, -0.2) is 0 Å². The van der Waals surface area contributed by atoms with Crippen LogP contribution in [0.2, 0.25) is 10.0 Å². The number of aliphatic imine (C=N–C) groups is 1. The molecule has 23 heteroatoms. The number of rotatable bonds is 14. The van der Waals surface area contributed by atoms with Gasteiger partial charge in [-0.2, -0.15) is 21.9 Å². The van der Waals surface area contributed by atoms with Crippen molar-refractivity contribution in [3.05, 3.63) is 166 Å². The zero-order chi connectivity index (χ0) is 53.5. The van der Waals surface area contributed by atoms with Gasteiger partial charge in [0.1, 0.15) is 34.2 Å². The van der Waals surface area contributed by atoms with Crippen LogP contribution in [0.25, 0.3) is 21.5 Å². The number of ether oxygens (including phenoxy) is 2. The minimum absolute atomic E-state index is 0. The van der Waals surface area contributed by atoms with E-state index in [1.54, 1.807) is 110 Å². The first-order chi connectivity index (χ1) is 35.2. The van der Waals surface area contributed by atoms with Gasteiger partial charge in [-0.05, 0) is 122 Å². The maximum atomic E-state index is 13.4. The average Bonchev–Trinajstić information content (AvgIpc) is 3.35. The number of fused-ring (bicyclic) bond motifs is 2. The molecule has 18 nitrogen and oxygen atoms in total. The van der Waals surface area contributed by atoms with Crippen LogP contribution < -0.4 is 25.0 Å². The fraction of sp³-hybridized carbons (Fsp3) is 0.115. The van der Waals surface area contributed by atoms with Crippen LogP contribution in [0.3, 0.4) is 0 Å². The minimum Gasteiger partial charge on any atom is -0.871 e. The molecule has 0 aliphatic heterocycles. The van der Waals surface area contributed by atoms with Gasteiger partial charge < -0.3 is 30.1 Å². The molecule has 0 bridgehead atoms. The van der Waals surface area contributed by atoms with E-state index in [1.807, 2.05) is 6.92 Å². The molecule has 0 saturated heterocycles. The van der Waals surface area contributed by atoms with Crippen molar-refractivity contribution in [2.24, 2.45) is 25.4 Å². The number of benzene rings is 8. The van der Waals surface area contributed by atoms with Gasteiger partial charge in [-0.15, -0.1) is 15.3 Å². The van der Waals surface area contributed by atoms with Crippen molar-refractivity contribution < 1.29 is 55.5 Å². The number of carbonyl (C=O) groups is 1. The Morgan fingerprint density at radius 1 is 0.613 bits per heavy atom. The number of halogens is 2. The number of para-hydroxylation sites is 4. The van der Waals surface area contributed by atoms with Gasteiger partial charge >= 0.3 is 48.9 Å². The van der Waals surface area contributed by atoms with Gasteiger partial charge in [0.05, 0.1) is 50.0 Å². The molecular weight excluding hydrogens is 1170 g/mol. The van der Waals surface area contributed by atoms with Crippen molar-refractivity contribution in [1.82, 2.24) is 0 Å². The van der Waals surface area contributed by atoms with Crippen LogP contribution in [0.1, 0.15) is 40.9 Å². The number of amides is 1. The van der Waals surface area contributed by atoms with Crippen molar-refractivity contribution in [2.45, 2.75) is 37.5 Å². The topological polar surface area (TPSA) is 284 Å². The summed E-state index contributed by atoms with van der Waals surface area (Å²) in [6, 6.07) is 35.3. The molecule has 8 aromatic rings. The van der Waals surface area contributed by atoms with Crippen LogP contribution in [0.4, 0.5) is 34.1 Å². The van der Waals surface area contributed by atoms with Crippen LogP contribution >= 0.6 is 23.2 Å². The van der Waals surface area contributed by atoms with Crippen LogP contribution in [-0.4, -0.2) is 105 Å². The van der Waals surface area contributed by atoms with Gasteiger partial charge in [-0.3, -0.25) is 18.9 Å². The van der Waals surface area contributed by atoms with Crippen molar-refractivity contribution in [3.8, 4) is 23.0 Å². The van der Waals surface area contributed by atoms with E-state index in [9.17, 15) is 46.1 Å². The molecule has 0 unspecified atom stereocenters. The first kappa shape index (κ1) is 57.9. The van der Waals surface area contributed by atoms with Crippen molar-refractivity contribution in [3.63, 3.8) is 0 Å². The zero-order valence-electron chi connectivity index (χ0n) is 40.1. The summed E-state index contributed by atoms with van der Waals surface area (Å²) in [6.45, 7) is 7.34. The SMILES string of the molecule is CCOc1ccccc1N=C([O-])c1cc2ccccc2c(N=Nc2cc(C)c(S(=O)(=O)O)cc2Cl)c1[O-].CCOc1ccccc1NC(=O)c1cc2ccccc2c(N=Nc2cc(C)c(S(=O)(=O)O)cc2Cl)c1O.[Ba+2]. The summed E-state index contributed by atoms with van der Waals surface area (Å²) < 4.78 is 75.9. The standard InChI is InChI=1S/2C26H22ClN3O6S.Ba/c2*1-3-36-22-11-7-6-10-20(22)28-26(32)18-13-16-8-4-5-9-17(16)24(25(18)31)30-29-21-12-15(2)23(14-19(21)27)37(33,34)35;/h2*4-14,31H,3H2,1-2H3,(H,28,32)(H,33,34,35);/q;;+2/p-2. The number of nitrogens with zero attached hydrogens (tertiary/aromatic N) is 5. The fourth-order valence-corrected chi connectivity index (χ4v) is 9.41. The Labute approximate surface area is 481 Å². The molecule has 380 valence electrons. The number of phenols is 1. The van der Waals surface area contributed by atoms with Crippen molar-refractivity contribution in [1.29, 1.82) is 0 Å². The molecule has 0 spiro atoms. The zero-order valence-corrected chi connectivity index (χ0v) is 47.7. The summed E-state index contributed by atoms with van der Waals surface area (Å²) in [4.78, 5) is 16.6. The first-order valence-corrected chi connectivity index (χ1v) is 25.7. The largest absolute Gasteiger partial charge is 2.00 e. The number of nitrogens with one attached hydrogen (secondary N) is 1. The number of hydrogen-bond donors (Lipinski definition) is 4. The summed E-state index contributed by atoms with van der Waals surface area (Å²) in [5.41, 5.74) is 0.956. The summed E-state index contributed by atoms with van der Waals surface area (Å²) >= 11 is 12.3. The molecule has 0 aliphatic carbocycles. The molecule has 0 aliphatic rings. The van der Waals surface area contributed by atoms with Crippen LogP contribution in [0.5, 0.6) is 23.0 Å². The molecule has 0 radical (unpaired) electrons. The Bertz CT molecular complexity index is 3830. The molecular formula is C52H42BaCl2N6O12S2. The minimum atomic E-state index is -4.49. The summed E-state index contributed by atoms with van der Waals surface area (Å²) in [7, 11) is -8.96. The van der Waals surface area contributed by atoms with E-state index in [4.69, 9.17) is 32.7 Å². The smallest absolute Gasteiger partial charge is 0.871 e. The second kappa shape index (κ2) is 25.0. The van der Waals surface area contributed by atoms with Gasteiger partial charge in [0.2, 0.25) is 0 Å². The molecule has 4 N–H and O–H groups in total. The molecule has 0 heterocycles. The monoisotopic (exact) mass is 1210 g/mol. The molecule has 1 amide bonds. The second-order valence-electron chi connectivity index (χ2n) is 15.9. The predicted molar refractivity (Wildman–Crippen MR) is 284 cm³/mol. The van der Waals surface area contributed by atoms with Crippen molar-refractivity contribution >= 4 is 160 Å². The quantitative estimate of drug-likeness (QED) is 0.0260. The Hall–Kier alpha value is -6.41. The first-order valence-electron chi connectivity index (χ1n) is 22.1. The third kappa shape index (κ3) is 13.7. The Morgan fingerprint density at radius 3 is 1.61 bits per heavy atom. The number of carbonyl (C=O) groups excluding carboxylic acids is 1. The fourth-order valence-electron chi connectivity index (χ4n) is 7.41. The summed E-state index contributed by atoms with van der Waals surface area (Å²) in [5, 5.41) is 58.7. The third-order valence-corrected chi connectivity index (χ3v) is 13.4. The van der Waals surface area contributed by atoms with E-state index in [0.29, 0.717) is 51.9 Å². The normalized spacial score (nSPS) is 11.9. The summed E-state index contributed by atoms with van der Waals surface area (Å²) in [6.07, 6.45) is 0. The Balaban J connectivity index is 0.000000241. The van der Waals surface area contributed by atoms with Gasteiger partial charge in [0, 0.05) is 10.8 Å². The third-order valence-electron chi connectivity index (χ3n) is 10.8. The van der Waals surface area contributed by atoms with Crippen LogP contribution in [0.15, 0.2) is 169 Å². The predicted octanol–water partition coefficient (Wildman–Crippen LogP) is 11.8. The molecule has 8 rings (SSSR count). The molecule has 8 aromatic carbocycles. The van der Waals surface area contributed by atoms with E-state index in [0.717, 1.165) is 12.1 Å². The maximum absolute atomic E-state index is 13.4. The van der Waals surface area contributed by atoms with E-state index >= 15 is 0 Å². The van der Waals surface area contributed by atoms with Gasteiger partial charge in [0.25, 0.3) is 26.1 Å². The number of aromatic hydroxyl groups is 1. The van der Waals surface area contributed by atoms with Crippen LogP contribution in [-0.2, 0) is 20.2 Å². The van der Waals surface area contributed by atoms with E-state index in [1.165, 1.54) is 32.0 Å². The number of azo groups is 2. The molecule has 0 saturated carbocycles. The van der Waals surface area contributed by atoms with Gasteiger partial charge in [0.15, 0.2) is 5.75 Å².